The maximum absolute atomic E-state index is 13.9. The van der Waals surface area contributed by atoms with Crippen LogP contribution in [0.4, 0.5) is 4.79 Å². The van der Waals surface area contributed by atoms with Crippen LogP contribution in [0.3, 0.4) is 0 Å². The molecule has 0 aliphatic carbocycles. The zero-order valence-corrected chi connectivity index (χ0v) is 19.0. The highest BCUT2D eigenvalue weighted by Crippen LogP contribution is 2.32. The molecule has 8 heteroatoms. The van der Waals surface area contributed by atoms with Crippen molar-refractivity contribution in [3.05, 3.63) is 65.2 Å². The Hall–Kier alpha value is -3.55. The van der Waals surface area contributed by atoms with Crippen LogP contribution in [0.5, 0.6) is 5.75 Å². The molecule has 2 amide bonds. The maximum Gasteiger partial charge on any atom is 0.407 e. The van der Waals surface area contributed by atoms with Gasteiger partial charge in [0.05, 0.1) is 13.7 Å². The van der Waals surface area contributed by atoms with Crippen molar-refractivity contribution >= 4 is 18.0 Å². The van der Waals surface area contributed by atoms with Gasteiger partial charge in [-0.3, -0.25) is 4.79 Å². The summed E-state index contributed by atoms with van der Waals surface area (Å²) in [5, 5.41) is 20.0. The minimum absolute atomic E-state index is 0.00699. The van der Waals surface area contributed by atoms with Crippen LogP contribution in [0.1, 0.15) is 41.3 Å². The molecular formula is C25H30N2O6. The number of piperazine rings is 1. The zero-order chi connectivity index (χ0) is 24.0. The number of aliphatic carboxylic acids is 1. The summed E-state index contributed by atoms with van der Waals surface area (Å²) in [6, 6.07) is 14.2. The molecule has 1 unspecified atom stereocenters. The largest absolute Gasteiger partial charge is 0.496 e. The van der Waals surface area contributed by atoms with Crippen molar-refractivity contribution in [3.8, 4) is 5.75 Å². The highest BCUT2D eigenvalue weighted by atomic mass is 16.5. The van der Waals surface area contributed by atoms with Crippen molar-refractivity contribution < 1.29 is 29.3 Å². The topological polar surface area (TPSA) is 107 Å². The molecule has 1 saturated heterocycles. The first-order chi connectivity index (χ1) is 15.8. The fourth-order valence-electron chi connectivity index (χ4n) is 4.43. The van der Waals surface area contributed by atoms with Gasteiger partial charge in [-0.15, -0.1) is 0 Å². The molecule has 1 fully saturated rings. The minimum Gasteiger partial charge on any atom is -0.496 e. The summed E-state index contributed by atoms with van der Waals surface area (Å²) in [5.74, 6) is -1.07. The number of ether oxygens (including phenoxy) is 1. The predicted octanol–water partition coefficient (Wildman–Crippen LogP) is 3.54. The molecule has 0 saturated carbocycles. The van der Waals surface area contributed by atoms with Gasteiger partial charge < -0.3 is 24.7 Å². The lowest BCUT2D eigenvalue weighted by molar-refractivity contribution is -0.153. The number of carboxylic acids is 1. The minimum atomic E-state index is -1.74. The van der Waals surface area contributed by atoms with Gasteiger partial charge in [-0.1, -0.05) is 49.7 Å². The second-order valence-electron chi connectivity index (χ2n) is 8.25. The third-order valence-corrected chi connectivity index (χ3v) is 6.18. The van der Waals surface area contributed by atoms with Crippen molar-refractivity contribution in [2.75, 3.05) is 26.7 Å². The van der Waals surface area contributed by atoms with Gasteiger partial charge in [0.2, 0.25) is 0 Å². The summed E-state index contributed by atoms with van der Waals surface area (Å²) < 4.78 is 5.49. The normalized spacial score (nSPS) is 18.1. The Morgan fingerprint density at radius 3 is 2.36 bits per heavy atom. The van der Waals surface area contributed by atoms with Gasteiger partial charge in [0.25, 0.3) is 5.91 Å². The van der Waals surface area contributed by atoms with E-state index in [1.807, 2.05) is 6.07 Å². The molecule has 33 heavy (non-hydrogen) atoms. The lowest BCUT2D eigenvalue weighted by Gasteiger charge is -2.47. The van der Waals surface area contributed by atoms with Gasteiger partial charge in [0.1, 0.15) is 5.75 Å². The molecule has 176 valence electrons. The van der Waals surface area contributed by atoms with Crippen molar-refractivity contribution in [3.63, 3.8) is 0 Å². The molecule has 2 N–H and O–H groups in total. The molecule has 3 rings (SSSR count). The van der Waals surface area contributed by atoms with E-state index in [4.69, 9.17) is 4.74 Å². The van der Waals surface area contributed by atoms with Crippen LogP contribution in [-0.4, -0.2) is 70.3 Å². The quantitative estimate of drug-likeness (QED) is 0.632. The van der Waals surface area contributed by atoms with Crippen molar-refractivity contribution in [1.29, 1.82) is 0 Å². The molecule has 1 heterocycles. The van der Waals surface area contributed by atoms with Gasteiger partial charge in [0.15, 0.2) is 5.54 Å². The van der Waals surface area contributed by atoms with Gasteiger partial charge in [-0.2, -0.15) is 0 Å². The van der Waals surface area contributed by atoms with Crippen LogP contribution in [0.15, 0.2) is 48.5 Å². The molecule has 1 aliphatic heterocycles. The van der Waals surface area contributed by atoms with E-state index in [-0.39, 0.29) is 26.1 Å². The highest BCUT2D eigenvalue weighted by Gasteiger charge is 2.52. The second-order valence-corrected chi connectivity index (χ2v) is 8.25. The Morgan fingerprint density at radius 2 is 1.76 bits per heavy atom. The van der Waals surface area contributed by atoms with Gasteiger partial charge in [-0.25, -0.2) is 9.59 Å². The van der Waals surface area contributed by atoms with E-state index >= 15 is 0 Å². The van der Waals surface area contributed by atoms with Crippen LogP contribution in [0, 0.1) is 0 Å². The molecule has 0 radical (unpaired) electrons. The third-order valence-electron chi connectivity index (χ3n) is 6.18. The van der Waals surface area contributed by atoms with Crippen molar-refractivity contribution in [2.24, 2.45) is 0 Å². The van der Waals surface area contributed by atoms with E-state index in [0.717, 1.165) is 23.3 Å². The molecule has 1 aliphatic rings. The van der Waals surface area contributed by atoms with Gasteiger partial charge in [0, 0.05) is 30.6 Å². The summed E-state index contributed by atoms with van der Waals surface area (Å²) in [4.78, 5) is 40.8. The summed E-state index contributed by atoms with van der Waals surface area (Å²) in [5.41, 5.74) is 0.110. The number of hydrogen-bond donors (Lipinski definition) is 2. The van der Waals surface area contributed by atoms with Crippen molar-refractivity contribution in [2.45, 2.75) is 38.1 Å². The average molecular weight is 455 g/mol. The Labute approximate surface area is 193 Å². The Balaban J connectivity index is 2.09. The number of benzene rings is 2. The van der Waals surface area contributed by atoms with E-state index in [1.54, 1.807) is 49.6 Å². The van der Waals surface area contributed by atoms with E-state index in [1.165, 1.54) is 4.90 Å². The van der Waals surface area contributed by atoms with Crippen LogP contribution in [0.25, 0.3) is 0 Å². The molecular weight excluding hydrogens is 424 g/mol. The first-order valence-electron chi connectivity index (χ1n) is 11.1. The number of nitrogens with zero attached hydrogens (tertiary/aromatic N) is 2. The standard InChI is InChI=1S/C25H30N2O6/c1-3-4-11-19-20(12-8-13-21(19)33-2)22(28)27-15-14-26(24(31)32)17-25(27,23(29)30)16-18-9-6-5-7-10-18/h5-10,12-13H,3-4,11,14-17H2,1-2H3,(H,29,30)(H,31,32). The maximum atomic E-state index is 13.9. The molecule has 2 aromatic rings. The Kier molecular flexibility index (Phi) is 7.58. The van der Waals surface area contributed by atoms with Crippen molar-refractivity contribution in [1.82, 2.24) is 9.80 Å². The molecule has 1 atom stereocenters. The number of carboxylic acid groups (broad SMARTS) is 2. The number of unbranched alkanes of at least 4 members (excludes halogenated alkanes) is 1. The molecule has 0 bridgehead atoms. The lowest BCUT2D eigenvalue weighted by Crippen LogP contribution is -2.69. The number of amides is 2. The third kappa shape index (κ3) is 4.94. The first-order valence-corrected chi connectivity index (χ1v) is 11.1. The van der Waals surface area contributed by atoms with Crippen LogP contribution < -0.4 is 4.74 Å². The summed E-state index contributed by atoms with van der Waals surface area (Å²) in [6.45, 7) is 1.76. The molecule has 0 spiro atoms. The molecule has 2 aromatic carbocycles. The zero-order valence-electron chi connectivity index (χ0n) is 19.0. The monoisotopic (exact) mass is 454 g/mol. The number of carbonyl (C=O) groups is 3. The van der Waals surface area contributed by atoms with Crippen LogP contribution in [-0.2, 0) is 17.6 Å². The second kappa shape index (κ2) is 10.4. The van der Waals surface area contributed by atoms with Gasteiger partial charge >= 0.3 is 12.1 Å². The van der Waals surface area contributed by atoms with Crippen LogP contribution >= 0.6 is 0 Å². The summed E-state index contributed by atoms with van der Waals surface area (Å²) in [6.07, 6.45) is 1.19. The Morgan fingerprint density at radius 1 is 1.03 bits per heavy atom. The van der Waals surface area contributed by atoms with E-state index in [0.29, 0.717) is 23.3 Å². The number of methoxy groups -OCH3 is 1. The van der Waals surface area contributed by atoms with E-state index in [9.17, 15) is 24.6 Å². The lowest BCUT2D eigenvalue weighted by atomic mass is 9.85. The predicted molar refractivity (Wildman–Crippen MR) is 123 cm³/mol. The first kappa shape index (κ1) is 24.1. The fraction of sp³-hybridized carbons (Fsp3) is 0.400. The van der Waals surface area contributed by atoms with Crippen LogP contribution in [0.2, 0.25) is 0 Å². The highest BCUT2D eigenvalue weighted by molar-refractivity contribution is 6.00. The number of rotatable bonds is 8. The van der Waals surface area contributed by atoms with E-state index in [2.05, 4.69) is 6.92 Å². The number of hydrogen-bond acceptors (Lipinski definition) is 4. The SMILES string of the molecule is CCCCc1c(OC)cccc1C(=O)N1CCN(C(=O)O)CC1(Cc1ccccc1)C(=O)O. The molecule has 8 nitrogen and oxygen atoms in total. The summed E-state index contributed by atoms with van der Waals surface area (Å²) in [7, 11) is 1.54. The summed E-state index contributed by atoms with van der Waals surface area (Å²) >= 11 is 0. The number of carbonyl (C=O) groups excluding carboxylic acids is 1. The van der Waals surface area contributed by atoms with Gasteiger partial charge in [-0.05, 0) is 30.5 Å². The smallest absolute Gasteiger partial charge is 0.407 e. The van der Waals surface area contributed by atoms with E-state index < -0.39 is 23.5 Å². The average Bonchev–Trinajstić information content (AvgIpc) is 2.82. The Bertz CT molecular complexity index is 1010. The molecule has 0 aromatic heterocycles. The fourth-order valence-corrected chi connectivity index (χ4v) is 4.43.